The molecule has 0 aromatic carbocycles. The van der Waals surface area contributed by atoms with Gasteiger partial charge in [0, 0.05) is 12.2 Å². The minimum atomic E-state index is 0.305. The molecule has 15 heavy (non-hydrogen) atoms. The van der Waals surface area contributed by atoms with Crippen LogP contribution in [0.2, 0.25) is 0 Å². The van der Waals surface area contributed by atoms with Gasteiger partial charge in [-0.15, -0.1) is 0 Å². The lowest BCUT2D eigenvalue weighted by Crippen LogP contribution is -2.23. The summed E-state index contributed by atoms with van der Waals surface area (Å²) in [5.41, 5.74) is 5.49. The zero-order valence-electron chi connectivity index (χ0n) is 9.57. The van der Waals surface area contributed by atoms with Gasteiger partial charge < -0.3 is 16.0 Å². The van der Waals surface area contributed by atoms with E-state index in [9.17, 15) is 0 Å². The summed E-state index contributed by atoms with van der Waals surface area (Å²) in [7, 11) is 4.13. The Hall–Kier alpha value is -1.36. The van der Waals surface area contributed by atoms with Crippen molar-refractivity contribution in [2.45, 2.75) is 19.4 Å². The van der Waals surface area contributed by atoms with E-state index < -0.39 is 0 Å². The number of nitrogens with two attached hydrogens (primary N) is 1. The Morgan fingerprint density at radius 1 is 1.53 bits per heavy atom. The second-order valence-corrected chi connectivity index (χ2v) is 3.94. The SMILES string of the molecule is CC(CCN(C)C)Nc1ccnc(N)n1. The van der Waals surface area contributed by atoms with E-state index in [0.717, 1.165) is 18.8 Å². The van der Waals surface area contributed by atoms with Crippen molar-refractivity contribution in [2.24, 2.45) is 0 Å². The Labute approximate surface area is 90.7 Å². The largest absolute Gasteiger partial charge is 0.368 e. The fraction of sp³-hybridized carbons (Fsp3) is 0.600. The molecule has 0 aliphatic carbocycles. The van der Waals surface area contributed by atoms with Crippen molar-refractivity contribution in [3.8, 4) is 0 Å². The summed E-state index contributed by atoms with van der Waals surface area (Å²) in [6.07, 6.45) is 2.72. The van der Waals surface area contributed by atoms with Gasteiger partial charge >= 0.3 is 0 Å². The molecule has 0 amide bonds. The third-order valence-electron chi connectivity index (χ3n) is 2.08. The van der Waals surface area contributed by atoms with Crippen LogP contribution in [0.5, 0.6) is 0 Å². The first kappa shape index (κ1) is 11.7. The summed E-state index contributed by atoms with van der Waals surface area (Å²) in [6.45, 7) is 3.18. The van der Waals surface area contributed by atoms with Crippen LogP contribution in [-0.4, -0.2) is 41.5 Å². The number of hydrogen-bond acceptors (Lipinski definition) is 5. The van der Waals surface area contributed by atoms with Gasteiger partial charge in [-0.05, 0) is 40.1 Å². The Bertz CT molecular complexity index is 300. The predicted octanol–water partition coefficient (Wildman–Crippen LogP) is 0.811. The van der Waals surface area contributed by atoms with Crippen LogP contribution in [-0.2, 0) is 0 Å². The Morgan fingerprint density at radius 2 is 2.27 bits per heavy atom. The topological polar surface area (TPSA) is 67.1 Å². The van der Waals surface area contributed by atoms with E-state index in [0.29, 0.717) is 12.0 Å². The molecule has 1 aromatic heterocycles. The average Bonchev–Trinajstić information content (AvgIpc) is 2.15. The molecule has 0 bridgehead atoms. The first-order chi connectivity index (χ1) is 7.08. The normalized spacial score (nSPS) is 12.8. The molecule has 1 unspecified atom stereocenters. The predicted molar refractivity (Wildman–Crippen MR) is 62.7 cm³/mol. The van der Waals surface area contributed by atoms with Gasteiger partial charge in [0.05, 0.1) is 0 Å². The summed E-state index contributed by atoms with van der Waals surface area (Å²) in [5, 5.41) is 3.28. The molecule has 0 saturated heterocycles. The van der Waals surface area contributed by atoms with Gasteiger partial charge in [0.15, 0.2) is 0 Å². The van der Waals surface area contributed by atoms with Gasteiger partial charge in [-0.25, -0.2) is 4.98 Å². The molecule has 1 aromatic rings. The fourth-order valence-electron chi connectivity index (χ4n) is 1.23. The van der Waals surface area contributed by atoms with Gasteiger partial charge in [-0.3, -0.25) is 0 Å². The van der Waals surface area contributed by atoms with E-state index in [1.807, 2.05) is 6.07 Å². The Balaban J connectivity index is 2.40. The number of nitrogens with zero attached hydrogens (tertiary/aromatic N) is 3. The van der Waals surface area contributed by atoms with Crippen LogP contribution < -0.4 is 11.1 Å². The number of nitrogens with one attached hydrogen (secondary N) is 1. The average molecular weight is 209 g/mol. The molecule has 0 aliphatic heterocycles. The Morgan fingerprint density at radius 3 is 2.87 bits per heavy atom. The summed E-state index contributed by atoms with van der Waals surface area (Å²) in [6, 6.07) is 2.20. The molecule has 84 valence electrons. The van der Waals surface area contributed by atoms with E-state index in [1.165, 1.54) is 0 Å². The van der Waals surface area contributed by atoms with Crippen molar-refractivity contribution in [1.29, 1.82) is 0 Å². The lowest BCUT2D eigenvalue weighted by molar-refractivity contribution is 0.390. The highest BCUT2D eigenvalue weighted by Gasteiger charge is 2.03. The molecule has 1 atom stereocenters. The standard InChI is InChI=1S/C10H19N5/c1-8(5-7-15(2)3)13-9-4-6-12-10(11)14-9/h4,6,8H,5,7H2,1-3H3,(H3,11,12,13,14). The first-order valence-corrected chi connectivity index (χ1v) is 5.07. The van der Waals surface area contributed by atoms with Crippen molar-refractivity contribution in [2.75, 3.05) is 31.7 Å². The lowest BCUT2D eigenvalue weighted by atomic mass is 10.2. The number of aromatic nitrogens is 2. The van der Waals surface area contributed by atoms with Crippen LogP contribution in [0.3, 0.4) is 0 Å². The van der Waals surface area contributed by atoms with Gasteiger partial charge in [0.25, 0.3) is 0 Å². The summed E-state index contributed by atoms with van der Waals surface area (Å²) < 4.78 is 0. The molecular weight excluding hydrogens is 190 g/mol. The van der Waals surface area contributed by atoms with Crippen molar-refractivity contribution in [3.05, 3.63) is 12.3 Å². The second kappa shape index (κ2) is 5.50. The summed E-state index contributed by atoms with van der Waals surface area (Å²) >= 11 is 0. The zero-order chi connectivity index (χ0) is 11.3. The van der Waals surface area contributed by atoms with Crippen molar-refractivity contribution in [1.82, 2.24) is 14.9 Å². The molecule has 0 saturated carbocycles. The lowest BCUT2D eigenvalue weighted by Gasteiger charge is -2.17. The minimum Gasteiger partial charge on any atom is -0.368 e. The third kappa shape index (κ3) is 4.60. The molecule has 1 heterocycles. The molecule has 0 radical (unpaired) electrons. The van der Waals surface area contributed by atoms with Crippen LogP contribution in [0.4, 0.5) is 11.8 Å². The zero-order valence-corrected chi connectivity index (χ0v) is 9.57. The quantitative estimate of drug-likeness (QED) is 0.751. The van der Waals surface area contributed by atoms with Gasteiger partial charge in [0.2, 0.25) is 5.95 Å². The third-order valence-corrected chi connectivity index (χ3v) is 2.08. The summed E-state index contributed by atoms with van der Waals surface area (Å²) in [4.78, 5) is 10.1. The molecule has 0 aliphatic rings. The van der Waals surface area contributed by atoms with Crippen LogP contribution in [0.25, 0.3) is 0 Å². The fourth-order valence-corrected chi connectivity index (χ4v) is 1.23. The molecular formula is C10H19N5. The molecule has 5 nitrogen and oxygen atoms in total. The monoisotopic (exact) mass is 209 g/mol. The Kier molecular flexibility index (Phi) is 4.30. The molecule has 5 heteroatoms. The van der Waals surface area contributed by atoms with Crippen LogP contribution in [0, 0.1) is 0 Å². The van der Waals surface area contributed by atoms with Crippen molar-refractivity contribution in [3.63, 3.8) is 0 Å². The van der Waals surface area contributed by atoms with Gasteiger partial charge in [-0.2, -0.15) is 4.98 Å². The number of nitrogen functional groups attached to an aromatic ring is 1. The van der Waals surface area contributed by atoms with E-state index in [1.54, 1.807) is 6.20 Å². The second-order valence-electron chi connectivity index (χ2n) is 3.94. The molecule has 3 N–H and O–H groups in total. The number of anilines is 2. The van der Waals surface area contributed by atoms with Crippen LogP contribution in [0.15, 0.2) is 12.3 Å². The maximum Gasteiger partial charge on any atom is 0.221 e. The van der Waals surface area contributed by atoms with E-state index in [2.05, 4.69) is 41.2 Å². The van der Waals surface area contributed by atoms with Crippen molar-refractivity contribution < 1.29 is 0 Å². The van der Waals surface area contributed by atoms with Gasteiger partial charge in [0.1, 0.15) is 5.82 Å². The number of hydrogen-bond donors (Lipinski definition) is 2. The van der Waals surface area contributed by atoms with Crippen LogP contribution >= 0.6 is 0 Å². The van der Waals surface area contributed by atoms with Crippen molar-refractivity contribution >= 4 is 11.8 Å². The van der Waals surface area contributed by atoms with E-state index in [-0.39, 0.29) is 0 Å². The van der Waals surface area contributed by atoms with Gasteiger partial charge in [-0.1, -0.05) is 0 Å². The maximum absolute atomic E-state index is 5.49. The highest BCUT2D eigenvalue weighted by molar-refractivity contribution is 5.38. The highest BCUT2D eigenvalue weighted by atomic mass is 15.1. The maximum atomic E-state index is 5.49. The molecule has 0 spiro atoms. The van der Waals surface area contributed by atoms with Crippen LogP contribution in [0.1, 0.15) is 13.3 Å². The molecule has 1 rings (SSSR count). The first-order valence-electron chi connectivity index (χ1n) is 5.07. The molecule has 0 fully saturated rings. The van der Waals surface area contributed by atoms with E-state index >= 15 is 0 Å². The minimum absolute atomic E-state index is 0.305. The number of rotatable bonds is 5. The smallest absolute Gasteiger partial charge is 0.221 e. The van der Waals surface area contributed by atoms with E-state index in [4.69, 9.17) is 5.73 Å². The highest BCUT2D eigenvalue weighted by Crippen LogP contribution is 2.06. The summed E-state index contributed by atoms with van der Waals surface area (Å²) in [5.74, 6) is 1.09.